The molecule has 0 aromatic rings. The number of hydrogen-bond acceptors (Lipinski definition) is 1. The molecule has 0 unspecified atom stereocenters. The first-order valence-electron chi connectivity index (χ1n) is 5.80. The Labute approximate surface area is 93.8 Å². The summed E-state index contributed by atoms with van der Waals surface area (Å²) in [5.74, 6) is 6.95. The van der Waals surface area contributed by atoms with Gasteiger partial charge in [0.2, 0.25) is 5.91 Å². The highest BCUT2D eigenvalue weighted by atomic mass is 16.1. The molecule has 15 heavy (non-hydrogen) atoms. The Morgan fingerprint density at radius 3 is 2.40 bits per heavy atom. The molecule has 0 aromatic heterocycles. The van der Waals surface area contributed by atoms with Crippen molar-refractivity contribution in [1.29, 1.82) is 0 Å². The first-order valence-corrected chi connectivity index (χ1v) is 5.80. The van der Waals surface area contributed by atoms with Gasteiger partial charge in [-0.2, -0.15) is 0 Å². The lowest BCUT2D eigenvalue weighted by molar-refractivity contribution is -0.123. The Bertz CT molecular complexity index is 233. The molecular weight excluding hydrogens is 186 g/mol. The van der Waals surface area contributed by atoms with E-state index in [1.54, 1.807) is 0 Å². The van der Waals surface area contributed by atoms with Crippen LogP contribution in [0, 0.1) is 23.7 Å². The van der Waals surface area contributed by atoms with Crippen LogP contribution < -0.4 is 5.32 Å². The van der Waals surface area contributed by atoms with Crippen LogP contribution in [0.15, 0.2) is 0 Å². The van der Waals surface area contributed by atoms with E-state index in [2.05, 4.69) is 31.0 Å². The van der Waals surface area contributed by atoms with Crippen molar-refractivity contribution in [2.75, 3.05) is 6.54 Å². The number of carbonyl (C=O) groups is 1. The van der Waals surface area contributed by atoms with Crippen LogP contribution in [-0.4, -0.2) is 12.5 Å². The fraction of sp³-hybridized carbons (Fsp3) is 0.769. The average Bonchev–Trinajstić information content (AvgIpc) is 2.15. The fourth-order valence-corrected chi connectivity index (χ4v) is 1.03. The lowest BCUT2D eigenvalue weighted by Crippen LogP contribution is -2.28. The van der Waals surface area contributed by atoms with E-state index in [-0.39, 0.29) is 11.8 Å². The van der Waals surface area contributed by atoms with Gasteiger partial charge in [-0.05, 0) is 12.8 Å². The van der Waals surface area contributed by atoms with E-state index in [0.29, 0.717) is 5.92 Å². The predicted molar refractivity (Wildman–Crippen MR) is 64.3 cm³/mol. The Morgan fingerprint density at radius 1 is 1.20 bits per heavy atom. The Hall–Kier alpha value is -0.970. The van der Waals surface area contributed by atoms with E-state index in [9.17, 15) is 4.79 Å². The van der Waals surface area contributed by atoms with Crippen LogP contribution in [0.5, 0.6) is 0 Å². The van der Waals surface area contributed by atoms with Gasteiger partial charge in [-0.25, -0.2) is 0 Å². The summed E-state index contributed by atoms with van der Waals surface area (Å²) in [6.45, 7) is 8.78. The summed E-state index contributed by atoms with van der Waals surface area (Å²) in [5, 5.41) is 2.89. The maximum Gasteiger partial charge on any atom is 0.222 e. The van der Waals surface area contributed by atoms with Gasteiger partial charge < -0.3 is 5.32 Å². The van der Waals surface area contributed by atoms with E-state index >= 15 is 0 Å². The summed E-state index contributed by atoms with van der Waals surface area (Å²) >= 11 is 0. The number of nitrogens with one attached hydrogen (secondary N) is 1. The molecule has 0 rings (SSSR count). The van der Waals surface area contributed by atoms with Crippen LogP contribution in [0.4, 0.5) is 0 Å². The number of hydrogen-bond donors (Lipinski definition) is 1. The second-order valence-corrected chi connectivity index (χ2v) is 4.38. The van der Waals surface area contributed by atoms with E-state index in [0.717, 1.165) is 25.8 Å². The molecular formula is C13H23NO. The zero-order chi connectivity index (χ0) is 11.7. The molecule has 1 amide bonds. The largest absolute Gasteiger partial charge is 0.356 e. The molecule has 0 atom stereocenters. The predicted octanol–water partition coefficient (Wildman–Crippen LogP) is 2.59. The van der Waals surface area contributed by atoms with Crippen molar-refractivity contribution in [2.45, 2.75) is 47.0 Å². The topological polar surface area (TPSA) is 29.1 Å². The van der Waals surface area contributed by atoms with Crippen molar-refractivity contribution in [3.63, 3.8) is 0 Å². The molecule has 0 saturated heterocycles. The van der Waals surface area contributed by atoms with E-state index < -0.39 is 0 Å². The molecule has 0 bridgehead atoms. The van der Waals surface area contributed by atoms with Crippen molar-refractivity contribution in [3.05, 3.63) is 0 Å². The summed E-state index contributed by atoms with van der Waals surface area (Å²) in [7, 11) is 0. The van der Waals surface area contributed by atoms with Crippen molar-refractivity contribution < 1.29 is 4.79 Å². The Balaban J connectivity index is 3.34. The minimum atomic E-state index is 0.0886. The van der Waals surface area contributed by atoms with Gasteiger partial charge in [-0.1, -0.05) is 27.7 Å². The summed E-state index contributed by atoms with van der Waals surface area (Å²) in [6, 6.07) is 0. The molecule has 0 saturated carbocycles. The molecule has 0 spiro atoms. The highest BCUT2D eigenvalue weighted by Crippen LogP contribution is 1.95. The van der Waals surface area contributed by atoms with Crippen molar-refractivity contribution >= 4 is 5.91 Å². The fourth-order valence-electron chi connectivity index (χ4n) is 1.03. The second-order valence-electron chi connectivity index (χ2n) is 4.38. The minimum Gasteiger partial charge on any atom is -0.356 e. The van der Waals surface area contributed by atoms with Crippen LogP contribution >= 0.6 is 0 Å². The average molecular weight is 209 g/mol. The van der Waals surface area contributed by atoms with Gasteiger partial charge in [0, 0.05) is 24.8 Å². The van der Waals surface area contributed by atoms with Crippen LogP contribution in [0.1, 0.15) is 47.0 Å². The van der Waals surface area contributed by atoms with E-state index in [4.69, 9.17) is 0 Å². The van der Waals surface area contributed by atoms with Crippen LogP contribution in [0.25, 0.3) is 0 Å². The van der Waals surface area contributed by atoms with Crippen LogP contribution in [-0.2, 0) is 4.79 Å². The van der Waals surface area contributed by atoms with Crippen molar-refractivity contribution in [1.82, 2.24) is 5.32 Å². The zero-order valence-corrected chi connectivity index (χ0v) is 10.4. The van der Waals surface area contributed by atoms with Gasteiger partial charge in [-0.15, -0.1) is 11.8 Å². The van der Waals surface area contributed by atoms with Crippen molar-refractivity contribution in [3.8, 4) is 11.8 Å². The molecule has 0 heterocycles. The van der Waals surface area contributed by atoms with Gasteiger partial charge in [0.1, 0.15) is 0 Å². The van der Waals surface area contributed by atoms with Gasteiger partial charge in [0.05, 0.1) is 0 Å². The normalized spacial score (nSPS) is 10.0. The minimum absolute atomic E-state index is 0.0886. The van der Waals surface area contributed by atoms with E-state index in [1.807, 2.05) is 13.8 Å². The smallest absolute Gasteiger partial charge is 0.222 e. The molecule has 0 aromatic carbocycles. The molecule has 1 N–H and O–H groups in total. The summed E-state index contributed by atoms with van der Waals surface area (Å²) < 4.78 is 0. The molecule has 0 radical (unpaired) electrons. The second kappa shape index (κ2) is 8.35. The Morgan fingerprint density at radius 2 is 1.87 bits per heavy atom. The lowest BCUT2D eigenvalue weighted by Gasteiger charge is -2.06. The SMILES string of the molecule is CC(C)C#CCCCCNC(=O)C(C)C. The van der Waals surface area contributed by atoms with Crippen LogP contribution in [0.3, 0.4) is 0 Å². The standard InChI is InChI=1S/C13H23NO/c1-11(2)9-7-5-6-8-10-14-13(15)12(3)4/h11-12H,5-6,8,10H2,1-4H3,(H,14,15). The third-order valence-electron chi connectivity index (χ3n) is 1.94. The third-order valence-corrected chi connectivity index (χ3v) is 1.94. The molecule has 2 nitrogen and oxygen atoms in total. The monoisotopic (exact) mass is 209 g/mol. The summed E-state index contributed by atoms with van der Waals surface area (Å²) in [4.78, 5) is 11.2. The zero-order valence-electron chi connectivity index (χ0n) is 10.4. The lowest BCUT2D eigenvalue weighted by atomic mass is 10.2. The molecule has 0 aliphatic rings. The maximum atomic E-state index is 11.2. The maximum absolute atomic E-state index is 11.2. The van der Waals surface area contributed by atoms with Gasteiger partial charge in [-0.3, -0.25) is 4.79 Å². The third kappa shape index (κ3) is 9.34. The Kier molecular flexibility index (Phi) is 7.81. The highest BCUT2D eigenvalue weighted by molar-refractivity contribution is 5.77. The first kappa shape index (κ1) is 14.0. The van der Waals surface area contributed by atoms with Gasteiger partial charge in [0.15, 0.2) is 0 Å². The molecule has 2 heteroatoms. The first-order chi connectivity index (χ1) is 7.04. The molecule has 0 fully saturated rings. The molecule has 0 aliphatic heterocycles. The van der Waals surface area contributed by atoms with Gasteiger partial charge in [0.25, 0.3) is 0 Å². The summed E-state index contributed by atoms with van der Waals surface area (Å²) in [5.41, 5.74) is 0. The highest BCUT2D eigenvalue weighted by Gasteiger charge is 2.04. The molecule has 86 valence electrons. The number of rotatable bonds is 5. The summed E-state index contributed by atoms with van der Waals surface area (Å²) in [6.07, 6.45) is 3.03. The quantitative estimate of drug-likeness (QED) is 0.547. The van der Waals surface area contributed by atoms with Gasteiger partial charge >= 0.3 is 0 Å². The van der Waals surface area contributed by atoms with E-state index in [1.165, 1.54) is 0 Å². The number of unbranched alkanes of at least 4 members (excludes halogenated alkanes) is 2. The molecule has 0 aliphatic carbocycles. The number of carbonyl (C=O) groups excluding carboxylic acids is 1. The van der Waals surface area contributed by atoms with Crippen molar-refractivity contribution in [2.24, 2.45) is 11.8 Å². The van der Waals surface area contributed by atoms with Crippen LogP contribution in [0.2, 0.25) is 0 Å². The number of amides is 1.